The van der Waals surface area contributed by atoms with E-state index in [0.717, 1.165) is 6.54 Å². The van der Waals surface area contributed by atoms with Crippen LogP contribution in [0.4, 0.5) is 0 Å². The molecule has 0 aromatic heterocycles. The largest absolute Gasteiger partial charge is 0.309 e. The second-order valence-electron chi connectivity index (χ2n) is 5.00. The van der Waals surface area contributed by atoms with Crippen molar-refractivity contribution in [3.8, 4) is 0 Å². The minimum absolute atomic E-state index is 0.461. The lowest BCUT2D eigenvalue weighted by Gasteiger charge is -2.33. The highest BCUT2D eigenvalue weighted by Gasteiger charge is 2.26. The van der Waals surface area contributed by atoms with Gasteiger partial charge < -0.3 is 5.32 Å². The molecule has 0 bridgehead atoms. The number of piperidine rings is 1. The molecule has 1 aliphatic heterocycles. The van der Waals surface area contributed by atoms with Gasteiger partial charge in [-0.3, -0.25) is 0 Å². The van der Waals surface area contributed by atoms with Crippen LogP contribution in [0.25, 0.3) is 0 Å². The molecular weight excluding hydrogens is 218 g/mol. The quantitative estimate of drug-likeness (QED) is 0.835. The van der Waals surface area contributed by atoms with Crippen molar-refractivity contribution in [2.24, 2.45) is 0 Å². The molecule has 1 nitrogen and oxygen atoms in total. The maximum absolute atomic E-state index is 3.68. The van der Waals surface area contributed by atoms with Gasteiger partial charge in [0.1, 0.15) is 0 Å². The summed E-state index contributed by atoms with van der Waals surface area (Å²) in [6, 6.07) is 22.2. The first-order valence-electron chi connectivity index (χ1n) is 6.78. The summed E-state index contributed by atoms with van der Waals surface area (Å²) in [5.41, 5.74) is 2.87. The van der Waals surface area contributed by atoms with Gasteiger partial charge in [-0.25, -0.2) is 0 Å². The first-order chi connectivity index (χ1) is 8.95. The summed E-state index contributed by atoms with van der Waals surface area (Å²) in [6.07, 6.45) is 2.54. The molecule has 0 radical (unpaired) electrons. The molecule has 0 aliphatic carbocycles. The first-order valence-corrected chi connectivity index (χ1v) is 6.78. The van der Waals surface area contributed by atoms with E-state index in [9.17, 15) is 0 Å². The van der Waals surface area contributed by atoms with Gasteiger partial charge in [0.25, 0.3) is 0 Å². The molecule has 92 valence electrons. The van der Waals surface area contributed by atoms with Crippen LogP contribution >= 0.6 is 0 Å². The second kappa shape index (κ2) is 5.36. The average Bonchev–Trinajstić information content (AvgIpc) is 2.49. The summed E-state index contributed by atoms with van der Waals surface area (Å²) in [7, 11) is 0. The van der Waals surface area contributed by atoms with Crippen LogP contribution in [0.2, 0.25) is 0 Å². The van der Waals surface area contributed by atoms with E-state index in [1.165, 1.54) is 24.0 Å². The number of hydrogen-bond acceptors (Lipinski definition) is 1. The Balaban J connectivity index is 1.92. The van der Waals surface area contributed by atoms with E-state index in [4.69, 9.17) is 0 Å². The minimum atomic E-state index is 0.461. The molecule has 0 amide bonds. The zero-order valence-corrected chi connectivity index (χ0v) is 10.5. The predicted molar refractivity (Wildman–Crippen MR) is 75.6 cm³/mol. The summed E-state index contributed by atoms with van der Waals surface area (Å²) >= 11 is 0. The lowest BCUT2D eigenvalue weighted by molar-refractivity contribution is 0.358. The summed E-state index contributed by atoms with van der Waals surface area (Å²) in [6.45, 7) is 1.13. The third kappa shape index (κ3) is 2.32. The highest BCUT2D eigenvalue weighted by atomic mass is 14.9. The summed E-state index contributed by atoms with van der Waals surface area (Å²) in [5, 5.41) is 3.68. The van der Waals surface area contributed by atoms with E-state index in [1.54, 1.807) is 0 Å². The van der Waals surface area contributed by atoms with Crippen LogP contribution in [0.5, 0.6) is 0 Å². The Hall–Kier alpha value is -1.60. The fourth-order valence-corrected chi connectivity index (χ4v) is 2.96. The van der Waals surface area contributed by atoms with Crippen molar-refractivity contribution >= 4 is 0 Å². The molecule has 3 rings (SSSR count). The highest BCUT2D eigenvalue weighted by molar-refractivity contribution is 5.28. The third-order valence-corrected chi connectivity index (χ3v) is 3.84. The fourth-order valence-electron chi connectivity index (χ4n) is 2.96. The van der Waals surface area contributed by atoms with Gasteiger partial charge in [0.15, 0.2) is 0 Å². The normalized spacial score (nSPS) is 23.8. The van der Waals surface area contributed by atoms with E-state index in [-0.39, 0.29) is 0 Å². The molecule has 1 N–H and O–H groups in total. The first kappa shape index (κ1) is 11.5. The zero-order valence-electron chi connectivity index (χ0n) is 10.5. The van der Waals surface area contributed by atoms with Crippen molar-refractivity contribution in [1.82, 2.24) is 5.32 Å². The smallest absolute Gasteiger partial charge is 0.0389 e. The molecule has 1 heteroatoms. The molecule has 1 aliphatic rings. The van der Waals surface area contributed by atoms with Crippen molar-refractivity contribution in [3.05, 3.63) is 71.8 Å². The van der Waals surface area contributed by atoms with Crippen LogP contribution in [0.3, 0.4) is 0 Å². The van der Waals surface area contributed by atoms with E-state index in [1.807, 2.05) is 0 Å². The van der Waals surface area contributed by atoms with Gasteiger partial charge in [0.05, 0.1) is 0 Å². The highest BCUT2D eigenvalue weighted by Crippen LogP contribution is 2.36. The van der Waals surface area contributed by atoms with Crippen LogP contribution < -0.4 is 5.32 Å². The van der Waals surface area contributed by atoms with E-state index < -0.39 is 0 Å². The molecule has 2 aromatic rings. The van der Waals surface area contributed by atoms with Gasteiger partial charge in [-0.1, -0.05) is 60.7 Å². The number of rotatable bonds is 2. The van der Waals surface area contributed by atoms with Gasteiger partial charge in [-0.15, -0.1) is 0 Å². The molecule has 2 aromatic carbocycles. The van der Waals surface area contributed by atoms with Crippen molar-refractivity contribution in [1.29, 1.82) is 0 Å². The topological polar surface area (TPSA) is 12.0 Å². The van der Waals surface area contributed by atoms with Gasteiger partial charge in [0.2, 0.25) is 0 Å². The summed E-state index contributed by atoms with van der Waals surface area (Å²) in [4.78, 5) is 0. The van der Waals surface area contributed by atoms with E-state index >= 15 is 0 Å². The number of nitrogens with one attached hydrogen (secondary N) is 1. The van der Waals surface area contributed by atoms with Gasteiger partial charge in [0, 0.05) is 12.0 Å². The van der Waals surface area contributed by atoms with Gasteiger partial charge >= 0.3 is 0 Å². The van der Waals surface area contributed by atoms with Gasteiger partial charge in [-0.2, -0.15) is 0 Å². The van der Waals surface area contributed by atoms with Crippen molar-refractivity contribution < 1.29 is 0 Å². The zero-order chi connectivity index (χ0) is 12.2. The number of benzene rings is 2. The van der Waals surface area contributed by atoms with Crippen LogP contribution in [0.15, 0.2) is 60.7 Å². The van der Waals surface area contributed by atoms with Crippen molar-refractivity contribution in [3.63, 3.8) is 0 Å². The molecule has 1 fully saturated rings. The summed E-state index contributed by atoms with van der Waals surface area (Å²) < 4.78 is 0. The van der Waals surface area contributed by atoms with Gasteiger partial charge in [-0.05, 0) is 30.5 Å². The van der Waals surface area contributed by atoms with Crippen LogP contribution in [0.1, 0.15) is 35.9 Å². The molecule has 1 saturated heterocycles. The van der Waals surface area contributed by atoms with E-state index in [2.05, 4.69) is 66.0 Å². The lowest BCUT2D eigenvalue weighted by atomic mass is 9.81. The lowest BCUT2D eigenvalue weighted by Crippen LogP contribution is -2.32. The monoisotopic (exact) mass is 237 g/mol. The van der Waals surface area contributed by atoms with E-state index in [0.29, 0.717) is 12.0 Å². The van der Waals surface area contributed by atoms with Crippen LogP contribution in [0, 0.1) is 0 Å². The Morgan fingerprint density at radius 3 is 2.06 bits per heavy atom. The fraction of sp³-hybridized carbons (Fsp3) is 0.294. The molecule has 18 heavy (non-hydrogen) atoms. The predicted octanol–water partition coefficient (Wildman–Crippen LogP) is 3.89. The number of hydrogen-bond donors (Lipinski definition) is 1. The van der Waals surface area contributed by atoms with Crippen LogP contribution in [-0.4, -0.2) is 6.54 Å². The standard InChI is InChI=1S/C17H19N/c1-3-8-14(9-4-1)16-12-7-13-18-17(16)15-10-5-2-6-11-15/h1-6,8-11,16-18H,7,12-13H2/t16-,17+/m1/s1. The summed E-state index contributed by atoms with van der Waals surface area (Å²) in [5.74, 6) is 0.599. The minimum Gasteiger partial charge on any atom is -0.309 e. The Labute approximate surface area is 109 Å². The maximum atomic E-state index is 3.68. The molecular formula is C17H19N. The molecule has 0 spiro atoms. The maximum Gasteiger partial charge on any atom is 0.0389 e. The second-order valence-corrected chi connectivity index (χ2v) is 5.00. The van der Waals surface area contributed by atoms with Crippen molar-refractivity contribution in [2.45, 2.75) is 24.8 Å². The van der Waals surface area contributed by atoms with Crippen LogP contribution in [-0.2, 0) is 0 Å². The molecule has 1 heterocycles. The molecule has 0 saturated carbocycles. The Bertz CT molecular complexity index is 430. The molecule has 2 atom stereocenters. The Morgan fingerprint density at radius 1 is 0.778 bits per heavy atom. The SMILES string of the molecule is c1ccc([C@H]2CCCN[C@H]2c2ccccc2)cc1. The molecule has 0 unspecified atom stereocenters. The van der Waals surface area contributed by atoms with Crippen molar-refractivity contribution in [2.75, 3.05) is 6.54 Å². The Kier molecular flexibility index (Phi) is 3.42. The third-order valence-electron chi connectivity index (χ3n) is 3.84. The Morgan fingerprint density at radius 2 is 1.39 bits per heavy atom. The average molecular weight is 237 g/mol.